The first-order valence-corrected chi connectivity index (χ1v) is 19.2. The topological polar surface area (TPSA) is 55.1 Å². The fourth-order valence-electron chi connectivity index (χ4n) is 8.31. The van der Waals surface area contributed by atoms with Crippen molar-refractivity contribution in [2.45, 2.75) is 0 Å². The van der Waals surface area contributed by atoms with Crippen molar-refractivity contribution >= 4 is 81.3 Å². The molecule has 3 aromatic heterocycles. The van der Waals surface area contributed by atoms with Gasteiger partial charge in [-0.2, -0.15) is 0 Å². The number of furan rings is 1. The molecule has 0 bridgehead atoms. The van der Waals surface area contributed by atoms with Gasteiger partial charge in [0.2, 0.25) is 0 Å². The summed E-state index contributed by atoms with van der Waals surface area (Å²) in [4.78, 5) is 18.0. The summed E-state index contributed by atoms with van der Waals surface area (Å²) in [7, 11) is 0. The highest BCUT2D eigenvalue weighted by molar-refractivity contribution is 7.25. The van der Waals surface area contributed by atoms with E-state index < -0.39 is 0 Å². The summed E-state index contributed by atoms with van der Waals surface area (Å²) >= 11 is 1.81. The van der Waals surface area contributed by atoms with Crippen LogP contribution in [0.1, 0.15) is 0 Å². The molecule has 5 nitrogen and oxygen atoms in total. The van der Waals surface area contributed by atoms with Crippen molar-refractivity contribution in [3.63, 3.8) is 0 Å². The molecule has 0 saturated heterocycles. The molecule has 0 spiro atoms. The van der Waals surface area contributed by atoms with E-state index in [9.17, 15) is 0 Å². The Bertz CT molecular complexity index is 3220. The average Bonchev–Trinajstić information content (AvgIpc) is 3.81. The Labute approximate surface area is 319 Å². The zero-order valence-electron chi connectivity index (χ0n) is 29.3. The molecule has 12 rings (SSSR count). The van der Waals surface area contributed by atoms with Crippen molar-refractivity contribution in [3.8, 4) is 45.3 Å². The molecule has 1 aliphatic rings. The first kappa shape index (κ1) is 30.3. The van der Waals surface area contributed by atoms with Crippen LogP contribution in [0.25, 0.3) is 98.2 Å². The summed E-state index contributed by atoms with van der Waals surface area (Å²) in [5.41, 5.74) is 10.2. The number of hydrogen-bond donors (Lipinski definition) is 0. The highest BCUT2D eigenvalue weighted by Crippen LogP contribution is 2.51. The molecular weight excluding hydrogens is 693 g/mol. The second-order valence-corrected chi connectivity index (χ2v) is 15.1. The van der Waals surface area contributed by atoms with Gasteiger partial charge >= 0.3 is 0 Å². The third-order valence-electron chi connectivity index (χ3n) is 10.8. The number of thiophene rings is 1. The van der Waals surface area contributed by atoms with Crippen molar-refractivity contribution < 1.29 is 4.42 Å². The minimum absolute atomic E-state index is 0.606. The highest BCUT2D eigenvalue weighted by atomic mass is 32.1. The molecule has 0 unspecified atom stereocenters. The standard InChI is InChI=1S/C49H28N4OS/c1-4-18-40-34(14-1)37-17-8-10-29-11-9-19-41(46(29)37)53(40)33-13-7-12-30(26-33)47-50-48(31-22-24-43-38(27-31)35-15-2-5-20-42(35)54-43)52-49(51-47)32-23-25-45-39(28-32)36-16-3-6-21-44(36)55-45/h1-28H. The molecule has 256 valence electrons. The predicted molar refractivity (Wildman–Crippen MR) is 227 cm³/mol. The Morgan fingerprint density at radius 1 is 0.418 bits per heavy atom. The van der Waals surface area contributed by atoms with Gasteiger partial charge in [-0.05, 0) is 83.7 Å². The third kappa shape index (κ3) is 4.68. The molecule has 8 aromatic carbocycles. The minimum atomic E-state index is 0.606. The van der Waals surface area contributed by atoms with Gasteiger partial charge in [-0.25, -0.2) is 15.0 Å². The van der Waals surface area contributed by atoms with E-state index in [0.29, 0.717) is 17.5 Å². The average molecular weight is 721 g/mol. The largest absolute Gasteiger partial charge is 0.456 e. The van der Waals surface area contributed by atoms with E-state index in [1.165, 1.54) is 42.1 Å². The van der Waals surface area contributed by atoms with Gasteiger partial charge in [-0.15, -0.1) is 11.3 Å². The molecule has 55 heavy (non-hydrogen) atoms. The van der Waals surface area contributed by atoms with Crippen molar-refractivity contribution in [1.29, 1.82) is 0 Å². The van der Waals surface area contributed by atoms with E-state index in [0.717, 1.165) is 55.7 Å². The maximum atomic E-state index is 6.18. The third-order valence-corrected chi connectivity index (χ3v) is 12.0. The number of fused-ring (bicyclic) bond motifs is 8. The van der Waals surface area contributed by atoms with Crippen LogP contribution in [0.4, 0.5) is 17.1 Å². The number of nitrogens with zero attached hydrogens (tertiary/aromatic N) is 4. The minimum Gasteiger partial charge on any atom is -0.456 e. The lowest BCUT2D eigenvalue weighted by atomic mass is 9.91. The fourth-order valence-corrected chi connectivity index (χ4v) is 9.40. The molecule has 0 fully saturated rings. The summed E-state index contributed by atoms with van der Waals surface area (Å²) in [6, 6.07) is 59.8. The van der Waals surface area contributed by atoms with Gasteiger partial charge in [0.1, 0.15) is 11.2 Å². The number of anilines is 3. The Morgan fingerprint density at radius 2 is 1.04 bits per heavy atom. The van der Waals surface area contributed by atoms with E-state index in [2.05, 4.69) is 144 Å². The van der Waals surface area contributed by atoms with E-state index in [1.54, 1.807) is 11.3 Å². The molecule has 1 aliphatic heterocycles. The van der Waals surface area contributed by atoms with Gasteiger partial charge in [0.15, 0.2) is 17.5 Å². The van der Waals surface area contributed by atoms with Crippen LogP contribution < -0.4 is 4.90 Å². The van der Waals surface area contributed by atoms with Crippen molar-refractivity contribution in [2.75, 3.05) is 4.90 Å². The number of hydrogen-bond acceptors (Lipinski definition) is 6. The molecule has 11 aromatic rings. The van der Waals surface area contributed by atoms with Gasteiger partial charge in [-0.1, -0.05) is 97.1 Å². The second-order valence-electron chi connectivity index (χ2n) is 14.0. The highest BCUT2D eigenvalue weighted by Gasteiger charge is 2.26. The Balaban J connectivity index is 1.06. The zero-order chi connectivity index (χ0) is 36.0. The summed E-state index contributed by atoms with van der Waals surface area (Å²) in [6.45, 7) is 0. The van der Waals surface area contributed by atoms with Crippen molar-refractivity contribution in [3.05, 3.63) is 170 Å². The monoisotopic (exact) mass is 720 g/mol. The van der Waals surface area contributed by atoms with Gasteiger partial charge in [0.25, 0.3) is 0 Å². The summed E-state index contributed by atoms with van der Waals surface area (Å²) in [5, 5.41) is 7.00. The number of para-hydroxylation sites is 2. The van der Waals surface area contributed by atoms with Crippen LogP contribution in [-0.2, 0) is 0 Å². The predicted octanol–water partition coefficient (Wildman–Crippen LogP) is 13.7. The van der Waals surface area contributed by atoms with Gasteiger partial charge in [0.05, 0.1) is 11.4 Å². The first-order valence-electron chi connectivity index (χ1n) is 18.3. The van der Waals surface area contributed by atoms with Crippen LogP contribution in [0.15, 0.2) is 174 Å². The molecule has 0 aliphatic carbocycles. The van der Waals surface area contributed by atoms with Crippen LogP contribution in [-0.4, -0.2) is 15.0 Å². The number of benzene rings is 8. The first-order chi connectivity index (χ1) is 27.2. The van der Waals surface area contributed by atoms with Crippen molar-refractivity contribution in [2.24, 2.45) is 0 Å². The Hall–Kier alpha value is -7.15. The maximum absolute atomic E-state index is 6.18. The molecule has 0 saturated carbocycles. The maximum Gasteiger partial charge on any atom is 0.164 e. The summed E-state index contributed by atoms with van der Waals surface area (Å²) in [5.74, 6) is 1.84. The Kier molecular flexibility index (Phi) is 6.44. The fraction of sp³-hybridized carbons (Fsp3) is 0. The van der Waals surface area contributed by atoms with E-state index >= 15 is 0 Å². The number of rotatable bonds is 4. The summed E-state index contributed by atoms with van der Waals surface area (Å²) < 4.78 is 8.68. The van der Waals surface area contributed by atoms with Crippen LogP contribution >= 0.6 is 11.3 Å². The molecule has 0 atom stereocenters. The normalized spacial score (nSPS) is 12.3. The van der Waals surface area contributed by atoms with Gasteiger partial charge < -0.3 is 9.32 Å². The lowest BCUT2D eigenvalue weighted by Crippen LogP contribution is -2.15. The van der Waals surface area contributed by atoms with E-state index in [-0.39, 0.29) is 0 Å². The van der Waals surface area contributed by atoms with Crippen LogP contribution in [0.5, 0.6) is 0 Å². The van der Waals surface area contributed by atoms with Crippen molar-refractivity contribution in [1.82, 2.24) is 15.0 Å². The SMILES string of the molecule is c1cc(-c2nc(-c3ccc4oc5ccccc5c4c3)nc(-c3ccc4sc5ccccc5c4c3)n2)cc(N2c3ccccc3-c3cccc4cccc2c34)c1. The Morgan fingerprint density at radius 3 is 1.91 bits per heavy atom. The molecule has 0 amide bonds. The molecule has 0 N–H and O–H groups in total. The molecule has 0 radical (unpaired) electrons. The molecule has 6 heteroatoms. The van der Waals surface area contributed by atoms with Gasteiger partial charge in [0, 0.05) is 64.3 Å². The van der Waals surface area contributed by atoms with Crippen LogP contribution in [0, 0.1) is 0 Å². The number of aromatic nitrogens is 3. The lowest BCUT2D eigenvalue weighted by molar-refractivity contribution is 0.669. The van der Waals surface area contributed by atoms with Crippen LogP contribution in [0.2, 0.25) is 0 Å². The van der Waals surface area contributed by atoms with Gasteiger partial charge in [-0.3, -0.25) is 0 Å². The van der Waals surface area contributed by atoms with Crippen LogP contribution in [0.3, 0.4) is 0 Å². The smallest absolute Gasteiger partial charge is 0.164 e. The summed E-state index contributed by atoms with van der Waals surface area (Å²) in [6.07, 6.45) is 0. The second kappa shape index (κ2) is 11.7. The zero-order valence-corrected chi connectivity index (χ0v) is 30.1. The van der Waals surface area contributed by atoms with E-state index in [1.807, 2.05) is 30.3 Å². The molecule has 4 heterocycles. The molecular formula is C49H28N4OS. The lowest BCUT2D eigenvalue weighted by Gasteiger charge is -2.33. The quantitative estimate of drug-likeness (QED) is 0.181. The van der Waals surface area contributed by atoms with E-state index in [4.69, 9.17) is 19.4 Å².